The Hall–Kier alpha value is -1.42. The summed E-state index contributed by atoms with van der Waals surface area (Å²) in [4.78, 5) is 2.15. The fourth-order valence-corrected chi connectivity index (χ4v) is 2.41. The van der Waals surface area contributed by atoms with Crippen molar-refractivity contribution in [3.05, 3.63) is 18.2 Å². The molecule has 0 radical (unpaired) electrons. The first-order valence-electron chi connectivity index (χ1n) is 6.96. The number of likely N-dealkylation sites (N-methyl/N-ethyl adjacent to an activating group) is 1. The molecule has 1 aromatic carbocycles. The lowest BCUT2D eigenvalue weighted by atomic mass is 10.2. The second-order valence-electron chi connectivity index (χ2n) is 5.37. The Bertz CT molecular complexity index is 415. The molecule has 0 bridgehead atoms. The van der Waals surface area contributed by atoms with Crippen LogP contribution in [0.15, 0.2) is 18.2 Å². The van der Waals surface area contributed by atoms with Gasteiger partial charge in [0.2, 0.25) is 0 Å². The number of benzene rings is 1. The van der Waals surface area contributed by atoms with Gasteiger partial charge in [-0.25, -0.2) is 0 Å². The summed E-state index contributed by atoms with van der Waals surface area (Å²) >= 11 is 0. The lowest BCUT2D eigenvalue weighted by Crippen LogP contribution is -2.29. The van der Waals surface area contributed by atoms with Gasteiger partial charge < -0.3 is 20.1 Å². The van der Waals surface area contributed by atoms with Crippen LogP contribution in [0.1, 0.15) is 26.7 Å². The molecular formula is C15H24N2O2. The Morgan fingerprint density at radius 2 is 2.26 bits per heavy atom. The fraction of sp³-hybridized carbons (Fsp3) is 0.600. The molecule has 0 amide bonds. The van der Waals surface area contributed by atoms with Gasteiger partial charge in [-0.05, 0) is 38.8 Å². The highest BCUT2D eigenvalue weighted by atomic mass is 16.5. The maximum absolute atomic E-state index is 6.20. The molecule has 0 aliphatic carbocycles. The highest BCUT2D eigenvalue weighted by Crippen LogP contribution is 2.32. The van der Waals surface area contributed by atoms with Gasteiger partial charge in [-0.15, -0.1) is 0 Å². The zero-order chi connectivity index (χ0) is 13.8. The van der Waals surface area contributed by atoms with Crippen LogP contribution in [0.25, 0.3) is 0 Å². The SMILES string of the molecule is CC(C)Oc1cccc(N(C)CC2CCCO2)c1N. The molecule has 106 valence electrons. The molecule has 1 saturated heterocycles. The Labute approximate surface area is 115 Å². The maximum atomic E-state index is 6.20. The minimum atomic E-state index is 0.126. The molecule has 1 aromatic rings. The van der Waals surface area contributed by atoms with Crippen molar-refractivity contribution in [2.75, 3.05) is 30.8 Å². The molecule has 1 aliphatic heterocycles. The lowest BCUT2D eigenvalue weighted by Gasteiger charge is -2.25. The van der Waals surface area contributed by atoms with E-state index < -0.39 is 0 Å². The lowest BCUT2D eigenvalue weighted by molar-refractivity contribution is 0.116. The molecule has 0 aromatic heterocycles. The predicted octanol–water partition coefficient (Wildman–Crippen LogP) is 2.67. The Balaban J connectivity index is 2.09. The van der Waals surface area contributed by atoms with Gasteiger partial charge in [-0.3, -0.25) is 0 Å². The number of anilines is 2. The van der Waals surface area contributed by atoms with Crippen LogP contribution >= 0.6 is 0 Å². The molecule has 0 spiro atoms. The van der Waals surface area contributed by atoms with Crippen molar-refractivity contribution < 1.29 is 9.47 Å². The van der Waals surface area contributed by atoms with Crippen molar-refractivity contribution >= 4 is 11.4 Å². The van der Waals surface area contributed by atoms with Gasteiger partial charge in [0.25, 0.3) is 0 Å². The molecular weight excluding hydrogens is 240 g/mol. The quantitative estimate of drug-likeness (QED) is 0.831. The molecule has 1 atom stereocenters. The summed E-state index contributed by atoms with van der Waals surface area (Å²) in [6, 6.07) is 5.92. The van der Waals surface area contributed by atoms with E-state index in [4.69, 9.17) is 15.2 Å². The van der Waals surface area contributed by atoms with Crippen molar-refractivity contribution in [1.29, 1.82) is 0 Å². The average molecular weight is 264 g/mol. The molecule has 2 rings (SSSR count). The highest BCUT2D eigenvalue weighted by Gasteiger charge is 2.19. The molecule has 2 N–H and O–H groups in total. The summed E-state index contributed by atoms with van der Waals surface area (Å²) in [6.07, 6.45) is 2.73. The van der Waals surface area contributed by atoms with Gasteiger partial charge in [-0.1, -0.05) is 6.07 Å². The average Bonchev–Trinajstić information content (AvgIpc) is 2.84. The van der Waals surface area contributed by atoms with E-state index in [-0.39, 0.29) is 6.10 Å². The largest absolute Gasteiger partial charge is 0.489 e. The first-order chi connectivity index (χ1) is 9.08. The number of nitrogens with two attached hydrogens (primary N) is 1. The highest BCUT2D eigenvalue weighted by molar-refractivity contribution is 5.73. The molecule has 0 saturated carbocycles. The number of rotatable bonds is 5. The van der Waals surface area contributed by atoms with E-state index in [2.05, 4.69) is 4.90 Å². The summed E-state index contributed by atoms with van der Waals surface area (Å²) in [5.41, 5.74) is 7.91. The van der Waals surface area contributed by atoms with Crippen molar-refractivity contribution in [2.45, 2.75) is 38.9 Å². The van der Waals surface area contributed by atoms with Crippen LogP contribution in [0, 0.1) is 0 Å². The van der Waals surface area contributed by atoms with Crippen molar-refractivity contribution in [2.24, 2.45) is 0 Å². The Morgan fingerprint density at radius 1 is 1.47 bits per heavy atom. The van der Waals surface area contributed by atoms with Crippen LogP contribution < -0.4 is 15.4 Å². The summed E-state index contributed by atoms with van der Waals surface area (Å²) in [5, 5.41) is 0. The van der Waals surface area contributed by atoms with Gasteiger partial charge in [-0.2, -0.15) is 0 Å². The molecule has 1 heterocycles. The van der Waals surface area contributed by atoms with E-state index in [0.29, 0.717) is 11.8 Å². The number of nitrogen functional groups attached to an aromatic ring is 1. The molecule has 4 nitrogen and oxygen atoms in total. The van der Waals surface area contributed by atoms with E-state index in [0.717, 1.165) is 37.4 Å². The van der Waals surface area contributed by atoms with Gasteiger partial charge >= 0.3 is 0 Å². The third-order valence-electron chi connectivity index (χ3n) is 3.32. The normalized spacial score (nSPS) is 18.8. The Morgan fingerprint density at radius 3 is 2.89 bits per heavy atom. The smallest absolute Gasteiger partial charge is 0.144 e. The monoisotopic (exact) mass is 264 g/mol. The summed E-state index contributed by atoms with van der Waals surface area (Å²) in [7, 11) is 2.05. The van der Waals surface area contributed by atoms with Crippen LogP contribution in [0.4, 0.5) is 11.4 Å². The minimum absolute atomic E-state index is 0.126. The van der Waals surface area contributed by atoms with Crippen LogP contribution in [-0.2, 0) is 4.74 Å². The molecule has 1 unspecified atom stereocenters. The molecule has 4 heteroatoms. The number of hydrogen-bond donors (Lipinski definition) is 1. The fourth-order valence-electron chi connectivity index (χ4n) is 2.41. The Kier molecular flexibility index (Phi) is 4.53. The van der Waals surface area contributed by atoms with Crippen LogP contribution in [0.2, 0.25) is 0 Å². The van der Waals surface area contributed by atoms with Gasteiger partial charge in [0.15, 0.2) is 0 Å². The van der Waals surface area contributed by atoms with Crippen LogP contribution in [0.3, 0.4) is 0 Å². The van der Waals surface area contributed by atoms with Gasteiger partial charge in [0.05, 0.1) is 23.6 Å². The summed E-state index contributed by atoms with van der Waals surface area (Å²) < 4.78 is 11.4. The molecule has 19 heavy (non-hydrogen) atoms. The second-order valence-corrected chi connectivity index (χ2v) is 5.37. The van der Waals surface area contributed by atoms with E-state index in [1.165, 1.54) is 0 Å². The zero-order valence-electron chi connectivity index (χ0n) is 12.1. The van der Waals surface area contributed by atoms with E-state index in [1.807, 2.05) is 39.1 Å². The topological polar surface area (TPSA) is 47.7 Å². The predicted molar refractivity (Wildman–Crippen MR) is 78.9 cm³/mol. The number of para-hydroxylation sites is 1. The number of nitrogens with zero attached hydrogens (tertiary/aromatic N) is 1. The van der Waals surface area contributed by atoms with Crippen molar-refractivity contribution in [1.82, 2.24) is 0 Å². The third-order valence-corrected chi connectivity index (χ3v) is 3.32. The third kappa shape index (κ3) is 3.53. The van der Waals surface area contributed by atoms with E-state index in [1.54, 1.807) is 0 Å². The molecule has 1 aliphatic rings. The summed E-state index contributed by atoms with van der Waals surface area (Å²) in [6.45, 7) is 5.75. The minimum Gasteiger partial charge on any atom is -0.489 e. The van der Waals surface area contributed by atoms with Gasteiger partial charge in [0, 0.05) is 20.2 Å². The maximum Gasteiger partial charge on any atom is 0.144 e. The van der Waals surface area contributed by atoms with Gasteiger partial charge in [0.1, 0.15) is 5.75 Å². The molecule has 1 fully saturated rings. The van der Waals surface area contributed by atoms with Crippen molar-refractivity contribution in [3.8, 4) is 5.75 Å². The van der Waals surface area contributed by atoms with E-state index in [9.17, 15) is 0 Å². The first kappa shape index (κ1) is 14.0. The standard InChI is InChI=1S/C15H24N2O2/c1-11(2)19-14-8-4-7-13(15(14)16)17(3)10-12-6-5-9-18-12/h4,7-8,11-12H,5-6,9-10,16H2,1-3H3. The zero-order valence-corrected chi connectivity index (χ0v) is 12.1. The van der Waals surface area contributed by atoms with Crippen LogP contribution in [0.5, 0.6) is 5.75 Å². The van der Waals surface area contributed by atoms with Crippen LogP contribution in [-0.4, -0.2) is 32.4 Å². The van der Waals surface area contributed by atoms with E-state index >= 15 is 0 Å². The first-order valence-corrected chi connectivity index (χ1v) is 6.96. The number of hydrogen-bond acceptors (Lipinski definition) is 4. The number of ether oxygens (including phenoxy) is 2. The summed E-state index contributed by atoms with van der Waals surface area (Å²) in [5.74, 6) is 0.756. The van der Waals surface area contributed by atoms with Crippen molar-refractivity contribution in [3.63, 3.8) is 0 Å². The second kappa shape index (κ2) is 6.15.